The molecule has 0 aliphatic carbocycles. The van der Waals surface area contributed by atoms with E-state index in [0.717, 1.165) is 6.92 Å². The lowest BCUT2D eigenvalue weighted by Crippen LogP contribution is -2.18. The van der Waals surface area contributed by atoms with E-state index >= 15 is 0 Å². The molecule has 0 radical (unpaired) electrons. The van der Waals surface area contributed by atoms with Gasteiger partial charge in [-0.15, -0.1) is 23.7 Å². The maximum Gasteiger partial charge on any atom is 0.426 e. The minimum absolute atomic E-state index is 0. The molecule has 4 N–H and O–H groups in total. The number of rotatable bonds is 3. The largest absolute Gasteiger partial charge is 0.426 e. The highest BCUT2D eigenvalue weighted by molar-refractivity contribution is 7.12. The molecule has 0 saturated heterocycles. The van der Waals surface area contributed by atoms with Crippen molar-refractivity contribution < 1.29 is 22.8 Å². The predicted octanol–water partition coefficient (Wildman–Crippen LogP) is 1.83. The first-order valence-electron chi connectivity index (χ1n) is 4.67. The van der Waals surface area contributed by atoms with Gasteiger partial charge in [0, 0.05) is 23.9 Å². The fourth-order valence-electron chi connectivity index (χ4n) is 1.11. The zero-order valence-corrected chi connectivity index (χ0v) is 11.3. The van der Waals surface area contributed by atoms with Crippen LogP contribution in [0.5, 0.6) is 0 Å². The summed E-state index contributed by atoms with van der Waals surface area (Å²) in [6, 6.07) is 1.18. The Morgan fingerprint density at radius 2 is 2.11 bits per heavy atom. The molecule has 0 fully saturated rings. The fraction of sp³-hybridized carbons (Fsp3) is 0.333. The summed E-state index contributed by atoms with van der Waals surface area (Å²) < 4.78 is 38.1. The van der Waals surface area contributed by atoms with E-state index < -0.39 is 22.9 Å². The zero-order chi connectivity index (χ0) is 13.9. The molecule has 1 aromatic heterocycles. The van der Waals surface area contributed by atoms with E-state index in [1.807, 2.05) is 0 Å². The number of halogens is 4. The van der Waals surface area contributed by atoms with Gasteiger partial charge in [-0.05, 0) is 6.07 Å². The van der Waals surface area contributed by atoms with Crippen molar-refractivity contribution in [1.82, 2.24) is 0 Å². The molecule has 0 unspecified atom stereocenters. The van der Waals surface area contributed by atoms with Gasteiger partial charge in [-0.3, -0.25) is 0 Å². The number of thiophene rings is 1. The molecule has 5 nitrogen and oxygen atoms in total. The first-order valence-corrected chi connectivity index (χ1v) is 5.48. The number of amidine groups is 1. The van der Waals surface area contributed by atoms with Crippen LogP contribution < -0.4 is 11.5 Å². The van der Waals surface area contributed by atoms with Gasteiger partial charge in [0.15, 0.2) is 5.84 Å². The van der Waals surface area contributed by atoms with Gasteiger partial charge in [-0.25, -0.2) is 4.79 Å². The quantitative estimate of drug-likeness (QED) is 0.385. The van der Waals surface area contributed by atoms with Crippen molar-refractivity contribution in [2.45, 2.75) is 19.6 Å². The van der Waals surface area contributed by atoms with E-state index in [4.69, 9.17) is 11.5 Å². The van der Waals surface area contributed by atoms with Gasteiger partial charge in [-0.2, -0.15) is 13.2 Å². The third kappa shape index (κ3) is 4.69. The molecule has 0 amide bonds. The maximum atomic E-state index is 12.7. The number of carbonyl (C=O) groups is 1. The summed E-state index contributed by atoms with van der Waals surface area (Å²) in [5, 5.41) is 3.13. The fourth-order valence-corrected chi connectivity index (χ4v) is 2.02. The summed E-state index contributed by atoms with van der Waals surface area (Å²) in [4.78, 5) is 14.1. The van der Waals surface area contributed by atoms with E-state index in [0.29, 0.717) is 16.2 Å². The highest BCUT2D eigenvalue weighted by Gasteiger charge is 2.37. The summed E-state index contributed by atoms with van der Waals surface area (Å²) >= 11 is 0.478. The normalized spacial score (nSPS) is 11.9. The van der Waals surface area contributed by atoms with E-state index in [1.165, 1.54) is 6.07 Å². The van der Waals surface area contributed by atoms with Gasteiger partial charge < -0.3 is 16.3 Å². The molecule has 0 aromatic carbocycles. The Kier molecular flexibility index (Phi) is 6.27. The first-order chi connectivity index (χ1) is 8.25. The van der Waals surface area contributed by atoms with Gasteiger partial charge in [0.2, 0.25) is 0 Å². The Hall–Kier alpha value is -1.32. The first kappa shape index (κ1) is 17.7. The van der Waals surface area contributed by atoms with E-state index in [2.05, 4.69) is 9.99 Å². The van der Waals surface area contributed by atoms with Crippen LogP contribution in [0.4, 0.5) is 13.2 Å². The summed E-state index contributed by atoms with van der Waals surface area (Å²) in [6.45, 7) is 1.01. The SMILES string of the molecule is CC(=O)O/N=C(\N)c1cc(CN)sc1C(F)(F)F.Cl. The molecule has 19 heavy (non-hydrogen) atoms. The summed E-state index contributed by atoms with van der Waals surface area (Å²) in [5.41, 5.74) is 10.3. The highest BCUT2D eigenvalue weighted by atomic mass is 35.5. The van der Waals surface area contributed by atoms with Gasteiger partial charge in [-0.1, -0.05) is 5.16 Å². The monoisotopic (exact) mass is 317 g/mol. The third-order valence-electron chi connectivity index (χ3n) is 1.79. The molecular weight excluding hydrogens is 307 g/mol. The lowest BCUT2D eigenvalue weighted by atomic mass is 10.2. The van der Waals surface area contributed by atoms with Crippen LogP contribution in [-0.4, -0.2) is 11.8 Å². The van der Waals surface area contributed by atoms with Crippen molar-refractivity contribution >= 4 is 35.5 Å². The molecule has 1 aromatic rings. The zero-order valence-electron chi connectivity index (χ0n) is 9.65. The second kappa shape index (κ2) is 6.73. The minimum Gasteiger partial charge on any atom is -0.380 e. The highest BCUT2D eigenvalue weighted by Crippen LogP contribution is 2.37. The lowest BCUT2D eigenvalue weighted by Gasteiger charge is -2.06. The Morgan fingerprint density at radius 1 is 1.53 bits per heavy atom. The molecule has 1 heterocycles. The standard InChI is InChI=1S/C9H10F3N3O2S.ClH/c1-4(16)17-15-8(14)6-2-5(3-13)18-7(6)9(10,11)12;/h2H,3,13H2,1H3,(H2,14,15);1H. The van der Waals surface area contributed by atoms with Gasteiger partial charge in [0.25, 0.3) is 0 Å². The Labute approximate surface area is 116 Å². The smallest absolute Gasteiger partial charge is 0.380 e. The number of oxime groups is 1. The van der Waals surface area contributed by atoms with Gasteiger partial charge in [0.05, 0.1) is 0 Å². The van der Waals surface area contributed by atoms with Crippen LogP contribution in [0.3, 0.4) is 0 Å². The van der Waals surface area contributed by atoms with Crippen LogP contribution in [0.1, 0.15) is 22.2 Å². The molecular formula is C9H11ClF3N3O2S. The lowest BCUT2D eigenvalue weighted by molar-refractivity contribution is -0.140. The van der Waals surface area contributed by atoms with Crippen molar-refractivity contribution in [3.8, 4) is 0 Å². The summed E-state index contributed by atoms with van der Waals surface area (Å²) in [7, 11) is 0. The van der Waals surface area contributed by atoms with Crippen molar-refractivity contribution in [3.63, 3.8) is 0 Å². The van der Waals surface area contributed by atoms with Crippen LogP contribution in [0.15, 0.2) is 11.2 Å². The molecule has 0 saturated carbocycles. The number of hydrogen-bond acceptors (Lipinski definition) is 5. The van der Waals surface area contributed by atoms with Crippen LogP contribution in [0, 0.1) is 0 Å². The molecule has 10 heteroatoms. The summed E-state index contributed by atoms with van der Waals surface area (Å²) in [5.74, 6) is -1.30. The van der Waals surface area contributed by atoms with Crippen molar-refractivity contribution in [3.05, 3.63) is 21.4 Å². The molecule has 0 bridgehead atoms. The van der Waals surface area contributed by atoms with Crippen molar-refractivity contribution in [2.75, 3.05) is 0 Å². The van der Waals surface area contributed by atoms with E-state index in [-0.39, 0.29) is 24.5 Å². The topological polar surface area (TPSA) is 90.7 Å². The van der Waals surface area contributed by atoms with Crippen LogP contribution >= 0.6 is 23.7 Å². The van der Waals surface area contributed by atoms with Crippen LogP contribution in [-0.2, 0) is 22.4 Å². The van der Waals surface area contributed by atoms with Crippen LogP contribution in [0.2, 0.25) is 0 Å². The molecule has 1 rings (SSSR count). The number of nitrogens with zero attached hydrogens (tertiary/aromatic N) is 1. The van der Waals surface area contributed by atoms with E-state index in [9.17, 15) is 18.0 Å². The molecule has 0 spiro atoms. The van der Waals surface area contributed by atoms with Crippen molar-refractivity contribution in [2.24, 2.45) is 16.6 Å². The molecule has 108 valence electrons. The van der Waals surface area contributed by atoms with Gasteiger partial charge >= 0.3 is 12.1 Å². The molecule has 0 aliphatic heterocycles. The second-order valence-corrected chi connectivity index (χ2v) is 4.35. The number of hydrogen-bond donors (Lipinski definition) is 2. The molecule has 0 atom stereocenters. The predicted molar refractivity (Wildman–Crippen MR) is 67.0 cm³/mol. The number of alkyl halides is 3. The molecule has 0 aliphatic rings. The average Bonchev–Trinajstić information content (AvgIpc) is 2.69. The Morgan fingerprint density at radius 3 is 2.53 bits per heavy atom. The Balaban J connectivity index is 0.00000324. The van der Waals surface area contributed by atoms with Gasteiger partial charge in [0.1, 0.15) is 4.88 Å². The number of carbonyl (C=O) groups excluding carboxylic acids is 1. The van der Waals surface area contributed by atoms with E-state index in [1.54, 1.807) is 0 Å². The van der Waals surface area contributed by atoms with Crippen molar-refractivity contribution in [1.29, 1.82) is 0 Å². The van der Waals surface area contributed by atoms with Crippen LogP contribution in [0.25, 0.3) is 0 Å². The minimum atomic E-state index is -4.57. The second-order valence-electron chi connectivity index (χ2n) is 3.22. The average molecular weight is 318 g/mol. The summed E-state index contributed by atoms with van der Waals surface area (Å²) in [6.07, 6.45) is -4.57. The third-order valence-corrected chi connectivity index (χ3v) is 2.99. The maximum absolute atomic E-state index is 12.7. The number of nitrogens with two attached hydrogens (primary N) is 2. The Bertz CT molecular complexity index is 488.